The van der Waals surface area contributed by atoms with Gasteiger partial charge in [0, 0.05) is 38.0 Å². The van der Waals surface area contributed by atoms with E-state index in [9.17, 15) is 0 Å². The summed E-state index contributed by atoms with van der Waals surface area (Å²) in [6.07, 6.45) is 8.37. The number of methoxy groups -OCH3 is 1. The Hall–Kier alpha value is -0.730. The zero-order valence-corrected chi connectivity index (χ0v) is 14.9. The number of hydrogen-bond acceptors (Lipinski definition) is 1. The highest BCUT2D eigenvalue weighted by molar-refractivity contribution is 5.85. The molecule has 0 heterocycles. The molecule has 0 N–H and O–H groups in total. The first-order valence-electron chi connectivity index (χ1n) is 8.67. The van der Waals surface area contributed by atoms with Crippen LogP contribution in [0.1, 0.15) is 56.1 Å². The van der Waals surface area contributed by atoms with E-state index in [1.54, 1.807) is 12.7 Å². The van der Waals surface area contributed by atoms with Gasteiger partial charge in [0.05, 0.1) is 32.3 Å². The lowest BCUT2D eigenvalue weighted by molar-refractivity contribution is -0.955. The van der Waals surface area contributed by atoms with Crippen molar-refractivity contribution in [3.63, 3.8) is 0 Å². The van der Waals surface area contributed by atoms with Crippen LogP contribution in [0.5, 0.6) is 5.75 Å². The molecule has 0 saturated heterocycles. The molecular formula is C19H29ClNO+. The average Bonchev–Trinajstić information content (AvgIpc) is 3.39. The third-order valence-electron chi connectivity index (χ3n) is 6.53. The van der Waals surface area contributed by atoms with E-state index < -0.39 is 0 Å². The van der Waals surface area contributed by atoms with E-state index in [2.05, 4.69) is 32.2 Å². The van der Waals surface area contributed by atoms with Gasteiger partial charge in [-0.25, -0.2) is 0 Å². The van der Waals surface area contributed by atoms with E-state index >= 15 is 0 Å². The molecular weight excluding hydrogens is 294 g/mol. The molecule has 122 valence electrons. The Morgan fingerprint density at radius 3 is 2.23 bits per heavy atom. The van der Waals surface area contributed by atoms with E-state index in [0.29, 0.717) is 5.92 Å². The molecule has 0 unspecified atom stereocenters. The number of rotatable bonds is 4. The number of halogens is 1. The first-order valence-corrected chi connectivity index (χ1v) is 8.67. The van der Waals surface area contributed by atoms with Gasteiger partial charge in [-0.3, -0.25) is 0 Å². The van der Waals surface area contributed by atoms with E-state index in [0.717, 1.165) is 23.9 Å². The third kappa shape index (κ3) is 2.35. The molecule has 0 bridgehead atoms. The van der Waals surface area contributed by atoms with Crippen LogP contribution in [0.4, 0.5) is 0 Å². The molecule has 3 aliphatic carbocycles. The van der Waals surface area contributed by atoms with Crippen molar-refractivity contribution >= 4 is 12.4 Å². The molecule has 0 amide bonds. The summed E-state index contributed by atoms with van der Waals surface area (Å²) in [5.74, 6) is 1.76. The van der Waals surface area contributed by atoms with Crippen molar-refractivity contribution in [2.45, 2.75) is 69.5 Å². The van der Waals surface area contributed by atoms with Crippen LogP contribution in [0.2, 0.25) is 0 Å². The normalized spacial score (nSPS) is 27.8. The molecule has 2 atom stereocenters. The monoisotopic (exact) mass is 322 g/mol. The Balaban J connectivity index is 0.00000144. The Bertz CT molecular complexity index is 538. The lowest BCUT2D eigenvalue weighted by Crippen LogP contribution is -2.58. The summed E-state index contributed by atoms with van der Waals surface area (Å²) >= 11 is 0. The maximum atomic E-state index is 5.60. The third-order valence-corrected chi connectivity index (χ3v) is 6.53. The van der Waals surface area contributed by atoms with Gasteiger partial charge < -0.3 is 9.22 Å². The topological polar surface area (TPSA) is 9.23 Å². The molecule has 1 aromatic carbocycles. The van der Waals surface area contributed by atoms with Crippen LogP contribution >= 0.6 is 12.4 Å². The number of fused-ring (bicyclic) bond motifs is 1. The van der Waals surface area contributed by atoms with Crippen molar-refractivity contribution in [3.05, 3.63) is 29.3 Å². The quantitative estimate of drug-likeness (QED) is 0.751. The SMILES string of the molecule is COc1cccc2c1CC[C@H]([N+](C)(C1CC1)C1CC1)[C@@H]2C.Cl. The Morgan fingerprint density at radius 1 is 1.05 bits per heavy atom. The number of likely N-dealkylation sites (N-methyl/N-ethyl adjacent to an activating group) is 1. The molecule has 22 heavy (non-hydrogen) atoms. The molecule has 1 aromatic rings. The van der Waals surface area contributed by atoms with Gasteiger partial charge in [0.25, 0.3) is 0 Å². The van der Waals surface area contributed by atoms with Crippen LogP contribution in [0.15, 0.2) is 18.2 Å². The molecule has 4 rings (SSSR count). The predicted octanol–water partition coefficient (Wildman–Crippen LogP) is 4.31. The highest BCUT2D eigenvalue weighted by Crippen LogP contribution is 2.51. The van der Waals surface area contributed by atoms with Crippen LogP contribution in [0.3, 0.4) is 0 Å². The lowest BCUT2D eigenvalue weighted by Gasteiger charge is -2.48. The van der Waals surface area contributed by atoms with Gasteiger partial charge in [0.1, 0.15) is 5.75 Å². The smallest absolute Gasteiger partial charge is 0.122 e. The van der Waals surface area contributed by atoms with E-state index in [-0.39, 0.29) is 12.4 Å². The first-order chi connectivity index (χ1) is 10.2. The summed E-state index contributed by atoms with van der Waals surface area (Å²) < 4.78 is 6.97. The van der Waals surface area contributed by atoms with Gasteiger partial charge in [-0.05, 0) is 23.6 Å². The number of quaternary nitrogens is 1. The minimum Gasteiger partial charge on any atom is -0.496 e. The summed E-state index contributed by atoms with van der Waals surface area (Å²) in [5.41, 5.74) is 3.03. The van der Waals surface area contributed by atoms with E-state index in [1.165, 1.54) is 48.6 Å². The molecule has 2 fully saturated rings. The van der Waals surface area contributed by atoms with Gasteiger partial charge in [-0.2, -0.15) is 0 Å². The number of ether oxygens (including phenoxy) is 1. The predicted molar refractivity (Wildman–Crippen MR) is 93.0 cm³/mol. The average molecular weight is 323 g/mol. The molecule has 2 saturated carbocycles. The number of nitrogens with zero attached hydrogens (tertiary/aromatic N) is 1. The van der Waals surface area contributed by atoms with Gasteiger partial charge in [0.15, 0.2) is 0 Å². The fourth-order valence-corrected chi connectivity index (χ4v) is 5.08. The summed E-state index contributed by atoms with van der Waals surface area (Å²) in [4.78, 5) is 0. The maximum absolute atomic E-state index is 5.60. The van der Waals surface area contributed by atoms with Crippen molar-refractivity contribution in [1.82, 2.24) is 0 Å². The minimum absolute atomic E-state index is 0. The lowest BCUT2D eigenvalue weighted by atomic mass is 9.78. The van der Waals surface area contributed by atoms with Crippen molar-refractivity contribution in [3.8, 4) is 5.75 Å². The van der Waals surface area contributed by atoms with Gasteiger partial charge in [0.2, 0.25) is 0 Å². The van der Waals surface area contributed by atoms with Crippen LogP contribution in [0, 0.1) is 0 Å². The summed E-state index contributed by atoms with van der Waals surface area (Å²) in [6, 6.07) is 9.37. The standard InChI is InChI=1S/C19H28NO.ClH/c1-13-16-5-4-6-19(21-3)17(16)11-12-18(13)20(2,14-7-8-14)15-9-10-15;/h4-6,13-15,18H,7-12H2,1-3H3;1H/q+1;/t13-,18+;/m1./s1. The molecule has 3 aliphatic rings. The molecule has 3 heteroatoms. The van der Waals surface area contributed by atoms with Crippen LogP contribution < -0.4 is 4.74 Å². The van der Waals surface area contributed by atoms with Gasteiger partial charge in [-0.15, -0.1) is 12.4 Å². The highest BCUT2D eigenvalue weighted by Gasteiger charge is 2.57. The van der Waals surface area contributed by atoms with E-state index in [4.69, 9.17) is 4.74 Å². The minimum atomic E-state index is 0. The van der Waals surface area contributed by atoms with Crippen LogP contribution in [0.25, 0.3) is 0 Å². The largest absolute Gasteiger partial charge is 0.496 e. The zero-order valence-electron chi connectivity index (χ0n) is 14.0. The molecule has 0 spiro atoms. The fraction of sp³-hybridized carbons (Fsp3) is 0.684. The van der Waals surface area contributed by atoms with Crippen molar-refractivity contribution < 1.29 is 9.22 Å². The molecule has 0 radical (unpaired) electrons. The molecule has 0 aliphatic heterocycles. The number of hydrogen-bond donors (Lipinski definition) is 0. The van der Waals surface area contributed by atoms with Crippen molar-refractivity contribution in [2.24, 2.45) is 0 Å². The Morgan fingerprint density at radius 2 is 1.68 bits per heavy atom. The van der Waals surface area contributed by atoms with Gasteiger partial charge >= 0.3 is 0 Å². The van der Waals surface area contributed by atoms with Crippen LogP contribution in [-0.4, -0.2) is 36.8 Å². The molecule has 2 nitrogen and oxygen atoms in total. The van der Waals surface area contributed by atoms with Crippen molar-refractivity contribution in [2.75, 3.05) is 14.2 Å². The first kappa shape index (κ1) is 16.1. The summed E-state index contributed by atoms with van der Waals surface area (Å²) in [5, 5.41) is 0. The Kier molecular flexibility index (Phi) is 4.20. The highest BCUT2D eigenvalue weighted by atomic mass is 35.5. The van der Waals surface area contributed by atoms with E-state index in [1.807, 2.05) is 0 Å². The van der Waals surface area contributed by atoms with Crippen LogP contribution in [-0.2, 0) is 6.42 Å². The fourth-order valence-electron chi connectivity index (χ4n) is 5.08. The van der Waals surface area contributed by atoms with Gasteiger partial charge in [-0.1, -0.05) is 19.1 Å². The second kappa shape index (κ2) is 5.72. The second-order valence-corrected chi connectivity index (χ2v) is 7.61. The Labute approximate surface area is 140 Å². The summed E-state index contributed by atoms with van der Waals surface area (Å²) in [6.45, 7) is 2.46. The number of benzene rings is 1. The summed E-state index contributed by atoms with van der Waals surface area (Å²) in [7, 11) is 4.38. The second-order valence-electron chi connectivity index (χ2n) is 7.61. The maximum Gasteiger partial charge on any atom is 0.122 e. The van der Waals surface area contributed by atoms with Crippen molar-refractivity contribution in [1.29, 1.82) is 0 Å². The zero-order chi connectivity index (χ0) is 14.6. The molecule has 0 aromatic heterocycles.